The predicted octanol–water partition coefficient (Wildman–Crippen LogP) is 1.26. The normalized spacial score (nSPS) is 14.9. The SMILES string of the molecule is COCC(O)(CCCN)c1ccccc1. The van der Waals surface area contributed by atoms with Crippen molar-refractivity contribution in [2.24, 2.45) is 5.73 Å². The largest absolute Gasteiger partial charge is 0.383 e. The smallest absolute Gasteiger partial charge is 0.113 e. The van der Waals surface area contributed by atoms with Crippen molar-refractivity contribution in [2.75, 3.05) is 20.3 Å². The summed E-state index contributed by atoms with van der Waals surface area (Å²) in [5.41, 5.74) is 5.44. The van der Waals surface area contributed by atoms with Crippen LogP contribution in [0.4, 0.5) is 0 Å². The van der Waals surface area contributed by atoms with Crippen LogP contribution in [-0.4, -0.2) is 25.4 Å². The Morgan fingerprint density at radius 1 is 1.33 bits per heavy atom. The molecular weight excluding hydrogens is 190 g/mol. The first-order valence-corrected chi connectivity index (χ1v) is 5.20. The van der Waals surface area contributed by atoms with Gasteiger partial charge >= 0.3 is 0 Å². The van der Waals surface area contributed by atoms with Gasteiger partial charge in [0.1, 0.15) is 5.60 Å². The van der Waals surface area contributed by atoms with E-state index >= 15 is 0 Å². The molecule has 84 valence electrons. The van der Waals surface area contributed by atoms with Gasteiger partial charge in [0.15, 0.2) is 0 Å². The Hall–Kier alpha value is -0.900. The van der Waals surface area contributed by atoms with E-state index in [-0.39, 0.29) is 0 Å². The lowest BCUT2D eigenvalue weighted by atomic mass is 9.90. The number of hydrogen-bond acceptors (Lipinski definition) is 3. The highest BCUT2D eigenvalue weighted by molar-refractivity contribution is 5.22. The van der Waals surface area contributed by atoms with Crippen molar-refractivity contribution < 1.29 is 9.84 Å². The molecule has 0 fully saturated rings. The summed E-state index contributed by atoms with van der Waals surface area (Å²) in [6.45, 7) is 0.885. The lowest BCUT2D eigenvalue weighted by molar-refractivity contribution is -0.0429. The average molecular weight is 209 g/mol. The molecule has 1 aromatic rings. The standard InChI is InChI=1S/C12H19NO2/c1-15-10-12(14,8-5-9-13)11-6-3-2-4-7-11/h2-4,6-7,14H,5,8-10,13H2,1H3. The summed E-state index contributed by atoms with van der Waals surface area (Å²) in [7, 11) is 1.59. The molecule has 0 aliphatic rings. The van der Waals surface area contributed by atoms with Crippen molar-refractivity contribution in [3.63, 3.8) is 0 Å². The Morgan fingerprint density at radius 2 is 2.00 bits per heavy atom. The number of rotatable bonds is 6. The second-order valence-corrected chi connectivity index (χ2v) is 3.72. The third-order valence-electron chi connectivity index (χ3n) is 2.49. The molecule has 1 aromatic carbocycles. The molecule has 0 spiro atoms. The van der Waals surface area contributed by atoms with E-state index in [0.717, 1.165) is 12.0 Å². The van der Waals surface area contributed by atoms with Crippen LogP contribution in [0.5, 0.6) is 0 Å². The molecule has 0 saturated heterocycles. The van der Waals surface area contributed by atoms with Crippen LogP contribution in [0.1, 0.15) is 18.4 Å². The maximum Gasteiger partial charge on any atom is 0.113 e. The summed E-state index contributed by atoms with van der Waals surface area (Å²) in [5, 5.41) is 10.4. The Morgan fingerprint density at radius 3 is 2.53 bits per heavy atom. The zero-order valence-corrected chi connectivity index (χ0v) is 9.15. The second-order valence-electron chi connectivity index (χ2n) is 3.72. The summed E-state index contributed by atoms with van der Waals surface area (Å²) in [6.07, 6.45) is 1.41. The first-order chi connectivity index (χ1) is 7.23. The van der Waals surface area contributed by atoms with Crippen molar-refractivity contribution in [2.45, 2.75) is 18.4 Å². The van der Waals surface area contributed by atoms with Crippen molar-refractivity contribution in [3.05, 3.63) is 35.9 Å². The molecule has 0 bridgehead atoms. The summed E-state index contributed by atoms with van der Waals surface area (Å²) in [4.78, 5) is 0. The zero-order valence-electron chi connectivity index (χ0n) is 9.15. The van der Waals surface area contributed by atoms with Gasteiger partial charge in [-0.1, -0.05) is 30.3 Å². The van der Waals surface area contributed by atoms with E-state index in [1.54, 1.807) is 7.11 Å². The molecule has 1 unspecified atom stereocenters. The van der Waals surface area contributed by atoms with Gasteiger partial charge in [0.25, 0.3) is 0 Å². The summed E-state index contributed by atoms with van der Waals surface area (Å²) < 4.78 is 5.07. The number of benzene rings is 1. The van der Waals surface area contributed by atoms with Crippen LogP contribution in [0.3, 0.4) is 0 Å². The van der Waals surface area contributed by atoms with Gasteiger partial charge in [-0.2, -0.15) is 0 Å². The van der Waals surface area contributed by atoms with E-state index in [1.165, 1.54) is 0 Å². The van der Waals surface area contributed by atoms with Gasteiger partial charge in [-0.3, -0.25) is 0 Å². The van der Waals surface area contributed by atoms with E-state index in [2.05, 4.69) is 0 Å². The second kappa shape index (κ2) is 5.85. The lowest BCUT2D eigenvalue weighted by Gasteiger charge is -2.27. The summed E-state index contributed by atoms with van der Waals surface area (Å²) in [5.74, 6) is 0. The van der Waals surface area contributed by atoms with Crippen LogP contribution in [0.15, 0.2) is 30.3 Å². The van der Waals surface area contributed by atoms with Gasteiger partial charge in [0.2, 0.25) is 0 Å². The topological polar surface area (TPSA) is 55.5 Å². The first kappa shape index (κ1) is 12.2. The quantitative estimate of drug-likeness (QED) is 0.741. The molecule has 1 atom stereocenters. The molecule has 15 heavy (non-hydrogen) atoms. The number of aliphatic hydroxyl groups is 1. The fourth-order valence-corrected chi connectivity index (χ4v) is 1.68. The fraction of sp³-hybridized carbons (Fsp3) is 0.500. The lowest BCUT2D eigenvalue weighted by Crippen LogP contribution is -2.31. The molecule has 0 heterocycles. The predicted molar refractivity (Wildman–Crippen MR) is 60.5 cm³/mol. The molecule has 1 rings (SSSR count). The van der Waals surface area contributed by atoms with Crippen molar-refractivity contribution in [3.8, 4) is 0 Å². The van der Waals surface area contributed by atoms with Crippen molar-refractivity contribution in [1.29, 1.82) is 0 Å². The molecule has 0 amide bonds. The monoisotopic (exact) mass is 209 g/mol. The average Bonchev–Trinajstić information content (AvgIpc) is 2.28. The highest BCUT2D eigenvalue weighted by atomic mass is 16.5. The number of methoxy groups -OCH3 is 1. The van der Waals surface area contributed by atoms with Crippen molar-refractivity contribution >= 4 is 0 Å². The van der Waals surface area contributed by atoms with Crippen LogP contribution in [-0.2, 0) is 10.3 Å². The third-order valence-corrected chi connectivity index (χ3v) is 2.49. The summed E-state index contributed by atoms with van der Waals surface area (Å²) in [6, 6.07) is 9.58. The number of ether oxygens (including phenoxy) is 1. The zero-order chi connectivity index (χ0) is 11.1. The summed E-state index contributed by atoms with van der Waals surface area (Å²) >= 11 is 0. The van der Waals surface area contributed by atoms with E-state index in [4.69, 9.17) is 10.5 Å². The maximum atomic E-state index is 10.4. The maximum absolute atomic E-state index is 10.4. The minimum atomic E-state index is -0.907. The Balaban J connectivity index is 2.80. The van der Waals surface area contributed by atoms with Gasteiger partial charge in [-0.05, 0) is 24.9 Å². The highest BCUT2D eigenvalue weighted by Gasteiger charge is 2.28. The van der Waals surface area contributed by atoms with Gasteiger partial charge < -0.3 is 15.6 Å². The molecule has 0 aliphatic carbocycles. The molecule has 3 N–H and O–H groups in total. The van der Waals surface area contributed by atoms with Crippen LogP contribution in [0.25, 0.3) is 0 Å². The van der Waals surface area contributed by atoms with Crippen LogP contribution in [0.2, 0.25) is 0 Å². The number of hydrogen-bond donors (Lipinski definition) is 2. The van der Waals surface area contributed by atoms with Gasteiger partial charge in [-0.15, -0.1) is 0 Å². The Kier molecular flexibility index (Phi) is 4.75. The van der Waals surface area contributed by atoms with E-state index in [0.29, 0.717) is 19.6 Å². The van der Waals surface area contributed by atoms with Crippen LogP contribution in [0, 0.1) is 0 Å². The van der Waals surface area contributed by atoms with Gasteiger partial charge in [0, 0.05) is 7.11 Å². The Labute approximate surface area is 90.9 Å². The minimum absolute atomic E-state index is 0.303. The number of nitrogens with two attached hydrogens (primary N) is 1. The van der Waals surface area contributed by atoms with Crippen LogP contribution < -0.4 is 5.73 Å². The minimum Gasteiger partial charge on any atom is -0.383 e. The molecule has 0 aromatic heterocycles. The first-order valence-electron chi connectivity index (χ1n) is 5.20. The van der Waals surface area contributed by atoms with Gasteiger partial charge in [0.05, 0.1) is 6.61 Å². The fourth-order valence-electron chi connectivity index (χ4n) is 1.68. The van der Waals surface area contributed by atoms with Crippen LogP contribution >= 0.6 is 0 Å². The molecular formula is C12H19NO2. The van der Waals surface area contributed by atoms with Crippen molar-refractivity contribution in [1.82, 2.24) is 0 Å². The molecule has 3 heteroatoms. The molecule has 0 saturated carbocycles. The third kappa shape index (κ3) is 3.30. The molecule has 3 nitrogen and oxygen atoms in total. The van der Waals surface area contributed by atoms with E-state index < -0.39 is 5.60 Å². The molecule has 0 aliphatic heterocycles. The molecule has 0 radical (unpaired) electrons. The van der Waals surface area contributed by atoms with Gasteiger partial charge in [-0.25, -0.2) is 0 Å². The van der Waals surface area contributed by atoms with E-state index in [9.17, 15) is 5.11 Å². The van der Waals surface area contributed by atoms with E-state index in [1.807, 2.05) is 30.3 Å². The highest BCUT2D eigenvalue weighted by Crippen LogP contribution is 2.26. The Bertz CT molecular complexity index is 276.